The number of anilines is 1. The van der Waals surface area contributed by atoms with Gasteiger partial charge < -0.3 is 24.3 Å². The Labute approximate surface area is 167 Å². The third kappa shape index (κ3) is 5.02. The molecule has 1 spiro atoms. The highest BCUT2D eigenvalue weighted by molar-refractivity contribution is 5.95. The molecule has 2 aliphatic rings. The van der Waals surface area contributed by atoms with Gasteiger partial charge in [0.05, 0.1) is 30.8 Å². The summed E-state index contributed by atoms with van der Waals surface area (Å²) in [6, 6.07) is 3.44. The van der Waals surface area contributed by atoms with Gasteiger partial charge in [-0.2, -0.15) is 13.2 Å². The minimum atomic E-state index is -4.63. The van der Waals surface area contributed by atoms with Crippen LogP contribution in [-0.4, -0.2) is 45.2 Å². The van der Waals surface area contributed by atoms with Crippen molar-refractivity contribution in [2.75, 3.05) is 38.9 Å². The summed E-state index contributed by atoms with van der Waals surface area (Å²) in [5.74, 6) is -1.37. The molecule has 2 fully saturated rings. The zero-order valence-corrected chi connectivity index (χ0v) is 16.6. The number of nitrogens with one attached hydrogen (secondary N) is 1. The number of carbonyl (C=O) groups excluding carboxylic acids is 1. The van der Waals surface area contributed by atoms with E-state index in [9.17, 15) is 18.0 Å². The van der Waals surface area contributed by atoms with Crippen LogP contribution in [0.15, 0.2) is 18.2 Å². The Bertz CT molecular complexity index is 721. The van der Waals surface area contributed by atoms with Crippen LogP contribution in [0.4, 0.5) is 18.9 Å². The summed E-state index contributed by atoms with van der Waals surface area (Å²) in [6.07, 6.45) is -1.00. The monoisotopic (exact) mass is 417 g/mol. The number of carbonyl (C=O) groups is 1. The first kappa shape index (κ1) is 21.9. The average molecular weight is 417 g/mol. The van der Waals surface area contributed by atoms with Crippen molar-refractivity contribution in [2.45, 2.75) is 44.6 Å². The molecule has 1 saturated heterocycles. The molecule has 9 heteroatoms. The Balaban J connectivity index is 1.69. The maximum Gasteiger partial charge on any atom is 0.420 e. The normalized spacial score (nSPS) is 20.6. The van der Waals surface area contributed by atoms with Gasteiger partial charge >= 0.3 is 6.18 Å². The van der Waals surface area contributed by atoms with E-state index in [0.29, 0.717) is 0 Å². The van der Waals surface area contributed by atoms with Crippen LogP contribution in [0.25, 0.3) is 0 Å². The van der Waals surface area contributed by atoms with Gasteiger partial charge in [-0.3, -0.25) is 4.79 Å². The lowest BCUT2D eigenvalue weighted by Gasteiger charge is -2.42. The first-order valence-corrected chi connectivity index (χ1v) is 9.60. The van der Waals surface area contributed by atoms with Gasteiger partial charge in [-0.25, -0.2) is 0 Å². The van der Waals surface area contributed by atoms with Crippen LogP contribution in [0.2, 0.25) is 0 Å². The fourth-order valence-electron chi connectivity index (χ4n) is 3.47. The SMILES string of the molecule is COCCOc1ccc(NC(=O)C2(C)COC3(CCCC3)OC2)cc1C(F)(F)F. The minimum absolute atomic E-state index is 0.0141. The summed E-state index contributed by atoms with van der Waals surface area (Å²) in [5.41, 5.74) is -1.92. The molecule has 0 bridgehead atoms. The number of hydrogen-bond acceptors (Lipinski definition) is 5. The maximum atomic E-state index is 13.4. The molecule has 6 nitrogen and oxygen atoms in total. The van der Waals surface area contributed by atoms with Crippen molar-refractivity contribution >= 4 is 11.6 Å². The smallest absolute Gasteiger partial charge is 0.420 e. The van der Waals surface area contributed by atoms with E-state index in [-0.39, 0.29) is 37.9 Å². The van der Waals surface area contributed by atoms with Crippen molar-refractivity contribution in [3.8, 4) is 5.75 Å². The maximum absolute atomic E-state index is 13.4. The molecule has 1 saturated carbocycles. The lowest BCUT2D eigenvalue weighted by atomic mass is 9.90. The molecule has 1 amide bonds. The number of amides is 1. The Morgan fingerprint density at radius 2 is 1.83 bits per heavy atom. The van der Waals surface area contributed by atoms with E-state index in [1.54, 1.807) is 6.92 Å². The molecular weight excluding hydrogens is 391 g/mol. The Kier molecular flexibility index (Phi) is 6.40. The molecule has 0 unspecified atom stereocenters. The highest BCUT2D eigenvalue weighted by atomic mass is 19.4. The molecule has 162 valence electrons. The van der Waals surface area contributed by atoms with Gasteiger partial charge in [0.15, 0.2) is 5.79 Å². The van der Waals surface area contributed by atoms with Crippen molar-refractivity contribution in [3.05, 3.63) is 23.8 Å². The van der Waals surface area contributed by atoms with E-state index < -0.39 is 28.8 Å². The Hall–Kier alpha value is -1.84. The zero-order chi connectivity index (χ0) is 21.1. The molecule has 1 aliphatic heterocycles. The van der Waals surface area contributed by atoms with Gasteiger partial charge in [0, 0.05) is 25.6 Å². The molecule has 29 heavy (non-hydrogen) atoms. The van der Waals surface area contributed by atoms with E-state index in [4.69, 9.17) is 18.9 Å². The summed E-state index contributed by atoms with van der Waals surface area (Å²) in [7, 11) is 1.43. The van der Waals surface area contributed by atoms with Gasteiger partial charge in [-0.05, 0) is 38.0 Å². The first-order chi connectivity index (χ1) is 13.7. The van der Waals surface area contributed by atoms with Crippen LogP contribution >= 0.6 is 0 Å². The number of benzene rings is 1. The first-order valence-electron chi connectivity index (χ1n) is 9.60. The third-order valence-corrected chi connectivity index (χ3v) is 5.31. The number of ether oxygens (including phenoxy) is 4. The number of hydrogen-bond donors (Lipinski definition) is 1. The number of rotatable bonds is 6. The van der Waals surface area contributed by atoms with Crippen LogP contribution in [0.5, 0.6) is 5.75 Å². The van der Waals surface area contributed by atoms with Crippen LogP contribution < -0.4 is 10.1 Å². The van der Waals surface area contributed by atoms with Gasteiger partial charge in [0.25, 0.3) is 0 Å². The van der Waals surface area contributed by atoms with Crippen molar-refractivity contribution < 1.29 is 36.9 Å². The van der Waals surface area contributed by atoms with Gasteiger partial charge in [0.1, 0.15) is 12.4 Å². The molecule has 3 rings (SSSR count). The summed E-state index contributed by atoms with van der Waals surface area (Å²) in [5, 5.41) is 2.56. The quantitative estimate of drug-likeness (QED) is 0.709. The van der Waals surface area contributed by atoms with E-state index >= 15 is 0 Å². The lowest BCUT2D eigenvalue weighted by molar-refractivity contribution is -0.291. The van der Waals surface area contributed by atoms with Gasteiger partial charge in [-0.15, -0.1) is 0 Å². The molecule has 0 atom stereocenters. The van der Waals surface area contributed by atoms with Crippen LogP contribution in [0, 0.1) is 5.41 Å². The second-order valence-electron chi connectivity index (χ2n) is 7.76. The average Bonchev–Trinajstić information content (AvgIpc) is 3.13. The van der Waals surface area contributed by atoms with Gasteiger partial charge in [-0.1, -0.05) is 0 Å². The number of alkyl halides is 3. The predicted molar refractivity (Wildman–Crippen MR) is 98.7 cm³/mol. The zero-order valence-electron chi connectivity index (χ0n) is 16.6. The number of methoxy groups -OCH3 is 1. The minimum Gasteiger partial charge on any atom is -0.491 e. The fraction of sp³-hybridized carbons (Fsp3) is 0.650. The predicted octanol–water partition coefficient (Wildman–Crippen LogP) is 3.99. The van der Waals surface area contributed by atoms with E-state index in [2.05, 4.69) is 5.32 Å². The molecule has 0 aromatic heterocycles. The lowest BCUT2D eigenvalue weighted by Crippen LogP contribution is -2.52. The van der Waals surface area contributed by atoms with Crippen LogP contribution in [0.3, 0.4) is 0 Å². The van der Waals surface area contributed by atoms with E-state index in [0.717, 1.165) is 31.7 Å². The summed E-state index contributed by atoms with van der Waals surface area (Å²) in [6.45, 7) is 2.14. The highest BCUT2D eigenvalue weighted by Gasteiger charge is 2.47. The van der Waals surface area contributed by atoms with E-state index in [1.807, 2.05) is 0 Å². The standard InChI is InChI=1S/C20H26F3NO5/c1-18(12-28-19(29-13-18)7-3-4-8-19)17(25)24-14-5-6-16(27-10-9-26-2)15(11-14)20(21,22)23/h5-6,11H,3-4,7-10,12-13H2,1-2H3,(H,24,25). The van der Waals surface area contributed by atoms with Crippen molar-refractivity contribution in [2.24, 2.45) is 5.41 Å². The van der Waals surface area contributed by atoms with Crippen LogP contribution in [-0.2, 0) is 25.2 Å². The molecule has 0 radical (unpaired) electrons. The molecular formula is C20H26F3NO5. The Morgan fingerprint density at radius 1 is 1.17 bits per heavy atom. The van der Waals surface area contributed by atoms with Gasteiger partial charge in [0.2, 0.25) is 5.91 Å². The third-order valence-electron chi connectivity index (χ3n) is 5.31. The fourth-order valence-corrected chi connectivity index (χ4v) is 3.47. The summed E-state index contributed by atoms with van der Waals surface area (Å²) >= 11 is 0. The topological polar surface area (TPSA) is 66.0 Å². The number of halogens is 3. The van der Waals surface area contributed by atoms with Crippen molar-refractivity contribution in [3.63, 3.8) is 0 Å². The second kappa shape index (κ2) is 8.49. The highest BCUT2D eigenvalue weighted by Crippen LogP contribution is 2.41. The molecule has 1 aliphatic carbocycles. The largest absolute Gasteiger partial charge is 0.491 e. The molecule has 1 aromatic carbocycles. The van der Waals surface area contributed by atoms with Crippen molar-refractivity contribution in [1.29, 1.82) is 0 Å². The van der Waals surface area contributed by atoms with Crippen LogP contribution in [0.1, 0.15) is 38.2 Å². The Morgan fingerprint density at radius 3 is 2.41 bits per heavy atom. The summed E-state index contributed by atoms with van der Waals surface area (Å²) in [4.78, 5) is 12.7. The molecule has 1 aromatic rings. The molecule has 1 heterocycles. The second-order valence-corrected chi connectivity index (χ2v) is 7.76. The van der Waals surface area contributed by atoms with E-state index in [1.165, 1.54) is 19.2 Å². The van der Waals surface area contributed by atoms with Crippen molar-refractivity contribution in [1.82, 2.24) is 0 Å². The summed E-state index contributed by atoms with van der Waals surface area (Å²) < 4.78 is 61.9. The molecule has 1 N–H and O–H groups in total.